The maximum absolute atomic E-state index is 11.8. The van der Waals surface area contributed by atoms with E-state index >= 15 is 0 Å². The number of unbranched alkanes of at least 4 members (excludes halogenated alkanes) is 1. The first-order valence-corrected chi connectivity index (χ1v) is 7.43. The molecular formula is C12H16BrIN2O. The third-order valence-electron chi connectivity index (χ3n) is 2.39. The van der Waals surface area contributed by atoms with Crippen LogP contribution >= 0.6 is 38.5 Å². The van der Waals surface area contributed by atoms with Gasteiger partial charge in [-0.05, 0) is 63.1 Å². The van der Waals surface area contributed by atoms with Crippen LogP contribution in [0.1, 0.15) is 26.2 Å². The van der Waals surface area contributed by atoms with Gasteiger partial charge in [0, 0.05) is 8.04 Å². The van der Waals surface area contributed by atoms with Crippen LogP contribution in [0.5, 0.6) is 0 Å². The van der Waals surface area contributed by atoms with E-state index in [9.17, 15) is 4.79 Å². The van der Waals surface area contributed by atoms with Crippen molar-refractivity contribution in [1.82, 2.24) is 0 Å². The lowest BCUT2D eigenvalue weighted by Crippen LogP contribution is -2.35. The highest BCUT2D eigenvalue weighted by Gasteiger charge is 2.13. The van der Waals surface area contributed by atoms with Crippen LogP contribution in [0.2, 0.25) is 0 Å². The number of hydrogen-bond acceptors (Lipinski definition) is 2. The summed E-state index contributed by atoms with van der Waals surface area (Å²) in [7, 11) is 0. The molecule has 1 aromatic carbocycles. The van der Waals surface area contributed by atoms with Crippen molar-refractivity contribution < 1.29 is 4.79 Å². The number of rotatable bonds is 5. The smallest absolute Gasteiger partial charge is 0.241 e. The second-order valence-corrected chi connectivity index (χ2v) is 5.96. The van der Waals surface area contributed by atoms with E-state index in [2.05, 4.69) is 50.8 Å². The molecule has 0 aliphatic carbocycles. The number of nitrogens with one attached hydrogen (secondary N) is 1. The Bertz CT molecular complexity index is 398. The first-order chi connectivity index (χ1) is 8.04. The van der Waals surface area contributed by atoms with E-state index in [1.54, 1.807) is 0 Å². The highest BCUT2D eigenvalue weighted by atomic mass is 127. The molecule has 3 nitrogen and oxygen atoms in total. The molecule has 0 saturated carbocycles. The Morgan fingerprint density at radius 2 is 2.29 bits per heavy atom. The standard InChI is InChI=1S/C12H16BrIN2O/c1-2-3-4-10(15)12(17)16-11-6-5-8(14)7-9(11)13/h5-7,10H,2-4,15H2,1H3,(H,16,17)/t10-/m0/s1. The van der Waals surface area contributed by atoms with Crippen molar-refractivity contribution in [3.8, 4) is 0 Å². The molecule has 0 radical (unpaired) electrons. The molecule has 1 amide bonds. The fourth-order valence-corrected chi connectivity index (χ4v) is 2.77. The largest absolute Gasteiger partial charge is 0.324 e. The predicted molar refractivity (Wildman–Crippen MR) is 83.0 cm³/mol. The Morgan fingerprint density at radius 1 is 1.59 bits per heavy atom. The lowest BCUT2D eigenvalue weighted by molar-refractivity contribution is -0.117. The average Bonchev–Trinajstić information content (AvgIpc) is 2.29. The summed E-state index contributed by atoms with van der Waals surface area (Å²) in [6.07, 6.45) is 2.75. The van der Waals surface area contributed by atoms with Gasteiger partial charge in [0.1, 0.15) is 0 Å². The second-order valence-electron chi connectivity index (χ2n) is 3.86. The summed E-state index contributed by atoms with van der Waals surface area (Å²) in [5.74, 6) is -0.125. The molecule has 0 spiro atoms. The van der Waals surface area contributed by atoms with Gasteiger partial charge in [0.15, 0.2) is 0 Å². The van der Waals surface area contributed by atoms with Crippen LogP contribution in [0, 0.1) is 3.57 Å². The summed E-state index contributed by atoms with van der Waals surface area (Å²) >= 11 is 5.64. The molecule has 94 valence electrons. The van der Waals surface area contributed by atoms with E-state index in [1.807, 2.05) is 18.2 Å². The number of nitrogens with two attached hydrogens (primary N) is 1. The number of benzene rings is 1. The van der Waals surface area contributed by atoms with Crippen molar-refractivity contribution in [2.75, 3.05) is 5.32 Å². The minimum Gasteiger partial charge on any atom is -0.324 e. The highest BCUT2D eigenvalue weighted by molar-refractivity contribution is 14.1. The van der Waals surface area contributed by atoms with Gasteiger partial charge in [-0.15, -0.1) is 0 Å². The quantitative estimate of drug-likeness (QED) is 0.729. The zero-order chi connectivity index (χ0) is 12.8. The Labute approximate surface area is 124 Å². The molecule has 0 fully saturated rings. The maximum Gasteiger partial charge on any atom is 0.241 e. The van der Waals surface area contributed by atoms with Gasteiger partial charge in [-0.25, -0.2) is 0 Å². The van der Waals surface area contributed by atoms with Gasteiger partial charge in [0.25, 0.3) is 0 Å². The third-order valence-corrected chi connectivity index (χ3v) is 3.72. The third kappa shape index (κ3) is 4.93. The topological polar surface area (TPSA) is 55.1 Å². The fraction of sp³-hybridized carbons (Fsp3) is 0.417. The lowest BCUT2D eigenvalue weighted by atomic mass is 10.1. The molecule has 0 bridgehead atoms. The van der Waals surface area contributed by atoms with Crippen LogP contribution in [-0.2, 0) is 4.79 Å². The minimum absolute atomic E-state index is 0.125. The van der Waals surface area contributed by atoms with E-state index in [0.29, 0.717) is 0 Å². The molecule has 0 aliphatic heterocycles. The van der Waals surface area contributed by atoms with Gasteiger partial charge in [-0.1, -0.05) is 19.8 Å². The van der Waals surface area contributed by atoms with Crippen LogP contribution in [0.25, 0.3) is 0 Å². The van der Waals surface area contributed by atoms with Gasteiger partial charge < -0.3 is 11.1 Å². The van der Waals surface area contributed by atoms with Crippen LogP contribution < -0.4 is 11.1 Å². The first kappa shape index (κ1) is 14.9. The highest BCUT2D eigenvalue weighted by Crippen LogP contribution is 2.24. The molecule has 1 rings (SSSR count). The van der Waals surface area contributed by atoms with Crippen molar-refractivity contribution in [3.05, 3.63) is 26.2 Å². The first-order valence-electron chi connectivity index (χ1n) is 5.56. The van der Waals surface area contributed by atoms with Gasteiger partial charge in [0.2, 0.25) is 5.91 Å². The van der Waals surface area contributed by atoms with Gasteiger partial charge in [-0.2, -0.15) is 0 Å². The summed E-state index contributed by atoms with van der Waals surface area (Å²) < 4.78 is 1.99. The van der Waals surface area contributed by atoms with E-state index in [1.165, 1.54) is 0 Å². The van der Waals surface area contributed by atoms with Crippen LogP contribution in [-0.4, -0.2) is 11.9 Å². The van der Waals surface area contributed by atoms with Gasteiger partial charge >= 0.3 is 0 Å². The van der Waals surface area contributed by atoms with Crippen molar-refractivity contribution >= 4 is 50.1 Å². The molecule has 0 unspecified atom stereocenters. The summed E-state index contributed by atoms with van der Waals surface area (Å²) in [5.41, 5.74) is 6.57. The van der Waals surface area contributed by atoms with E-state index < -0.39 is 6.04 Å². The summed E-state index contributed by atoms with van der Waals surface area (Å²) in [4.78, 5) is 11.8. The molecule has 5 heteroatoms. The Hall–Kier alpha value is -0.140. The van der Waals surface area contributed by atoms with E-state index in [-0.39, 0.29) is 5.91 Å². The molecule has 0 saturated heterocycles. The zero-order valence-corrected chi connectivity index (χ0v) is 13.4. The normalized spacial score (nSPS) is 12.2. The predicted octanol–water partition coefficient (Wildman–Crippen LogP) is 3.51. The summed E-state index contributed by atoms with van der Waals surface area (Å²) in [6, 6.07) is 5.34. The molecule has 0 aromatic heterocycles. The van der Waals surface area contributed by atoms with Crippen molar-refractivity contribution in [1.29, 1.82) is 0 Å². The number of amides is 1. The Kier molecular flexibility index (Phi) is 6.43. The molecular weight excluding hydrogens is 395 g/mol. The monoisotopic (exact) mass is 410 g/mol. The Morgan fingerprint density at radius 3 is 2.88 bits per heavy atom. The average molecular weight is 411 g/mol. The molecule has 1 atom stereocenters. The fourth-order valence-electron chi connectivity index (χ4n) is 1.37. The molecule has 17 heavy (non-hydrogen) atoms. The lowest BCUT2D eigenvalue weighted by Gasteiger charge is -2.13. The van der Waals surface area contributed by atoms with Crippen molar-refractivity contribution in [2.24, 2.45) is 5.73 Å². The van der Waals surface area contributed by atoms with E-state index in [4.69, 9.17) is 5.73 Å². The maximum atomic E-state index is 11.8. The number of halogens is 2. The second kappa shape index (κ2) is 7.33. The van der Waals surface area contributed by atoms with Crippen LogP contribution in [0.3, 0.4) is 0 Å². The Balaban J connectivity index is 2.61. The van der Waals surface area contributed by atoms with Crippen LogP contribution in [0.4, 0.5) is 5.69 Å². The minimum atomic E-state index is -0.430. The van der Waals surface area contributed by atoms with Crippen LogP contribution in [0.15, 0.2) is 22.7 Å². The van der Waals surface area contributed by atoms with Gasteiger partial charge in [0.05, 0.1) is 11.7 Å². The summed E-state index contributed by atoms with van der Waals surface area (Å²) in [6.45, 7) is 2.08. The number of carbonyl (C=O) groups is 1. The molecule has 0 heterocycles. The SMILES string of the molecule is CCCC[C@H](N)C(=O)Nc1ccc(I)cc1Br. The summed E-state index contributed by atoms with van der Waals surface area (Å²) in [5, 5.41) is 2.83. The van der Waals surface area contributed by atoms with Crippen molar-refractivity contribution in [3.63, 3.8) is 0 Å². The zero-order valence-electron chi connectivity index (χ0n) is 9.67. The number of hydrogen-bond donors (Lipinski definition) is 2. The molecule has 1 aromatic rings. The van der Waals surface area contributed by atoms with E-state index in [0.717, 1.165) is 33.0 Å². The molecule has 3 N–H and O–H groups in total. The number of carbonyl (C=O) groups excluding carboxylic acids is 1. The molecule has 0 aliphatic rings. The van der Waals surface area contributed by atoms with Gasteiger partial charge in [-0.3, -0.25) is 4.79 Å². The van der Waals surface area contributed by atoms with Crippen molar-refractivity contribution in [2.45, 2.75) is 32.2 Å². The number of anilines is 1.